The molecule has 24 heavy (non-hydrogen) atoms. The number of thioether (sulfide) groups is 1. The van der Waals surface area contributed by atoms with E-state index in [0.29, 0.717) is 23.0 Å². The third-order valence-corrected chi connectivity index (χ3v) is 7.28. The maximum absolute atomic E-state index is 12.4. The molecule has 0 aliphatic carbocycles. The first-order valence-corrected chi connectivity index (χ1v) is 10.2. The minimum atomic E-state index is -3.02. The topological polar surface area (TPSA) is 76.0 Å². The Hall–Kier alpha value is -1.80. The molecule has 1 aromatic carbocycles. The number of fused-ring (bicyclic) bond motifs is 1. The summed E-state index contributed by atoms with van der Waals surface area (Å²) in [5.74, 6) is 0.555. The lowest BCUT2D eigenvalue weighted by Gasteiger charge is -2.22. The maximum atomic E-state index is 12.4. The molecule has 3 rings (SSSR count). The van der Waals surface area contributed by atoms with Gasteiger partial charge in [0.25, 0.3) is 5.91 Å². The Morgan fingerprint density at radius 3 is 2.75 bits per heavy atom. The number of methoxy groups -OCH3 is 1. The van der Waals surface area contributed by atoms with E-state index >= 15 is 0 Å². The van der Waals surface area contributed by atoms with E-state index in [2.05, 4.69) is 11.6 Å². The molecule has 0 unspecified atom stereocenters. The summed E-state index contributed by atoms with van der Waals surface area (Å²) in [5.41, 5.74) is 0.465. The standard InChI is InChI=1S/C16H18N2O4S2/c1-3-8-18-13-9-24(20,21)10-14(13)23-16(18)17-15(19)11-4-6-12(22-2)7-5-11/h3-7,13-14H,1,8-10H2,2H3/t13-,14-/m1/s1. The van der Waals surface area contributed by atoms with Gasteiger partial charge >= 0.3 is 0 Å². The molecule has 1 amide bonds. The quantitative estimate of drug-likeness (QED) is 0.754. The third kappa shape index (κ3) is 3.34. The molecular weight excluding hydrogens is 348 g/mol. The Bertz CT molecular complexity index is 787. The molecule has 128 valence electrons. The van der Waals surface area contributed by atoms with Crippen molar-refractivity contribution in [3.8, 4) is 5.75 Å². The van der Waals surface area contributed by atoms with Gasteiger partial charge in [0.1, 0.15) is 5.75 Å². The van der Waals surface area contributed by atoms with E-state index in [1.54, 1.807) is 37.5 Å². The van der Waals surface area contributed by atoms with E-state index in [0.717, 1.165) is 0 Å². The minimum Gasteiger partial charge on any atom is -0.497 e. The summed E-state index contributed by atoms with van der Waals surface area (Å²) in [6.07, 6.45) is 1.70. The molecule has 2 saturated heterocycles. The van der Waals surface area contributed by atoms with Crippen LogP contribution in [0.4, 0.5) is 0 Å². The van der Waals surface area contributed by atoms with Gasteiger partial charge in [-0.2, -0.15) is 4.99 Å². The van der Waals surface area contributed by atoms with Crippen LogP contribution < -0.4 is 4.74 Å². The number of benzene rings is 1. The zero-order chi connectivity index (χ0) is 17.3. The van der Waals surface area contributed by atoms with E-state index in [1.807, 2.05) is 4.90 Å². The molecule has 2 fully saturated rings. The summed E-state index contributed by atoms with van der Waals surface area (Å²) in [6.45, 7) is 4.18. The average Bonchev–Trinajstić information content (AvgIpc) is 3.00. The van der Waals surface area contributed by atoms with Crippen LogP contribution in [0.3, 0.4) is 0 Å². The van der Waals surface area contributed by atoms with Crippen molar-refractivity contribution in [2.75, 3.05) is 25.2 Å². The van der Waals surface area contributed by atoms with Gasteiger partial charge in [0.15, 0.2) is 15.0 Å². The van der Waals surface area contributed by atoms with E-state index in [1.165, 1.54) is 11.8 Å². The molecule has 2 atom stereocenters. The van der Waals surface area contributed by atoms with Crippen molar-refractivity contribution in [2.45, 2.75) is 11.3 Å². The van der Waals surface area contributed by atoms with Crippen molar-refractivity contribution in [1.82, 2.24) is 4.90 Å². The van der Waals surface area contributed by atoms with Crippen molar-refractivity contribution in [3.63, 3.8) is 0 Å². The monoisotopic (exact) mass is 366 g/mol. The fourth-order valence-corrected chi connectivity index (χ4v) is 6.83. The van der Waals surface area contributed by atoms with Crippen LogP contribution in [-0.4, -0.2) is 60.8 Å². The Morgan fingerprint density at radius 2 is 2.12 bits per heavy atom. The second-order valence-corrected chi connectivity index (χ2v) is 9.03. The van der Waals surface area contributed by atoms with Crippen molar-refractivity contribution in [1.29, 1.82) is 0 Å². The zero-order valence-electron chi connectivity index (χ0n) is 13.2. The Labute approximate surface area is 145 Å². The number of aliphatic imine (C=N–C) groups is 1. The predicted octanol–water partition coefficient (Wildman–Crippen LogP) is 1.59. The zero-order valence-corrected chi connectivity index (χ0v) is 14.8. The fourth-order valence-electron chi connectivity index (χ4n) is 2.87. The van der Waals surface area contributed by atoms with Crippen LogP contribution >= 0.6 is 11.8 Å². The molecular formula is C16H18N2O4S2. The molecule has 2 aliphatic rings. The Morgan fingerprint density at radius 1 is 1.42 bits per heavy atom. The van der Waals surface area contributed by atoms with Gasteiger partial charge in [-0.15, -0.1) is 6.58 Å². The predicted molar refractivity (Wildman–Crippen MR) is 95.5 cm³/mol. The number of amides is 1. The number of nitrogens with zero attached hydrogens (tertiary/aromatic N) is 2. The van der Waals surface area contributed by atoms with Crippen molar-refractivity contribution < 1.29 is 17.9 Å². The van der Waals surface area contributed by atoms with Crippen LogP contribution in [0, 0.1) is 0 Å². The van der Waals surface area contributed by atoms with Gasteiger partial charge in [-0.25, -0.2) is 8.42 Å². The lowest BCUT2D eigenvalue weighted by Crippen LogP contribution is -2.37. The summed E-state index contributed by atoms with van der Waals surface area (Å²) in [4.78, 5) is 18.5. The number of ether oxygens (including phenoxy) is 1. The normalized spacial score (nSPS) is 26.4. The lowest BCUT2D eigenvalue weighted by molar-refractivity contribution is 0.100. The molecule has 6 nitrogen and oxygen atoms in total. The van der Waals surface area contributed by atoms with Crippen LogP contribution in [0.1, 0.15) is 10.4 Å². The second kappa shape index (κ2) is 6.60. The number of carbonyl (C=O) groups excluding carboxylic acids is 1. The van der Waals surface area contributed by atoms with Crippen LogP contribution in [0.2, 0.25) is 0 Å². The van der Waals surface area contributed by atoms with E-state index in [-0.39, 0.29) is 28.7 Å². The lowest BCUT2D eigenvalue weighted by atomic mass is 10.2. The van der Waals surface area contributed by atoms with Crippen molar-refractivity contribution in [3.05, 3.63) is 42.5 Å². The number of hydrogen-bond acceptors (Lipinski definition) is 5. The van der Waals surface area contributed by atoms with Crippen LogP contribution in [0.5, 0.6) is 5.75 Å². The minimum absolute atomic E-state index is 0.0719. The molecule has 0 radical (unpaired) electrons. The number of hydrogen-bond donors (Lipinski definition) is 0. The Kier molecular flexibility index (Phi) is 4.69. The fraction of sp³-hybridized carbons (Fsp3) is 0.375. The highest BCUT2D eigenvalue weighted by Gasteiger charge is 2.48. The van der Waals surface area contributed by atoms with E-state index in [9.17, 15) is 13.2 Å². The SMILES string of the molecule is C=CCN1C(=NC(=O)c2ccc(OC)cc2)S[C@@H]2CS(=O)(=O)C[C@H]21. The highest BCUT2D eigenvalue weighted by atomic mass is 32.2. The number of amidine groups is 1. The summed E-state index contributed by atoms with van der Waals surface area (Å²) in [5, 5.41) is 0.498. The molecule has 0 N–H and O–H groups in total. The molecule has 0 saturated carbocycles. The van der Waals surface area contributed by atoms with E-state index < -0.39 is 9.84 Å². The molecule has 2 aliphatic heterocycles. The number of carbonyl (C=O) groups is 1. The molecule has 0 bridgehead atoms. The maximum Gasteiger partial charge on any atom is 0.279 e. The third-order valence-electron chi connectivity index (χ3n) is 4.03. The van der Waals surface area contributed by atoms with Crippen LogP contribution in [0.25, 0.3) is 0 Å². The van der Waals surface area contributed by atoms with Crippen molar-refractivity contribution >= 4 is 32.7 Å². The summed E-state index contributed by atoms with van der Waals surface area (Å²) < 4.78 is 28.7. The molecule has 1 aromatic rings. The largest absolute Gasteiger partial charge is 0.497 e. The van der Waals surface area contributed by atoms with Crippen LogP contribution in [-0.2, 0) is 9.84 Å². The van der Waals surface area contributed by atoms with Gasteiger partial charge in [-0.05, 0) is 24.3 Å². The van der Waals surface area contributed by atoms with Gasteiger partial charge in [-0.3, -0.25) is 4.79 Å². The first kappa shape index (κ1) is 17.0. The van der Waals surface area contributed by atoms with Gasteiger partial charge in [0.05, 0.1) is 24.7 Å². The average molecular weight is 366 g/mol. The second-order valence-electron chi connectivity index (χ2n) is 5.67. The summed E-state index contributed by atoms with van der Waals surface area (Å²) >= 11 is 1.37. The van der Waals surface area contributed by atoms with Crippen LogP contribution in [0.15, 0.2) is 41.9 Å². The van der Waals surface area contributed by atoms with E-state index in [4.69, 9.17) is 4.74 Å². The molecule has 8 heteroatoms. The molecule has 2 heterocycles. The highest BCUT2D eigenvalue weighted by molar-refractivity contribution is 8.15. The number of rotatable bonds is 4. The van der Waals surface area contributed by atoms with Gasteiger partial charge in [0, 0.05) is 17.4 Å². The summed E-state index contributed by atoms with van der Waals surface area (Å²) in [6, 6.07) is 6.60. The summed E-state index contributed by atoms with van der Waals surface area (Å²) in [7, 11) is -1.46. The molecule has 0 aromatic heterocycles. The van der Waals surface area contributed by atoms with Crippen molar-refractivity contribution in [2.24, 2.45) is 4.99 Å². The van der Waals surface area contributed by atoms with Gasteiger partial charge in [-0.1, -0.05) is 17.8 Å². The first-order valence-electron chi connectivity index (χ1n) is 7.45. The van der Waals surface area contributed by atoms with Gasteiger partial charge < -0.3 is 9.64 Å². The van der Waals surface area contributed by atoms with Gasteiger partial charge in [0.2, 0.25) is 0 Å². The Balaban J connectivity index is 1.83. The first-order chi connectivity index (χ1) is 11.4. The number of sulfone groups is 1. The smallest absolute Gasteiger partial charge is 0.279 e. The highest BCUT2D eigenvalue weighted by Crippen LogP contribution is 2.38. The molecule has 0 spiro atoms.